The third kappa shape index (κ3) is 8.67. The lowest BCUT2D eigenvalue weighted by Gasteiger charge is -2.33. The van der Waals surface area contributed by atoms with Crippen molar-refractivity contribution in [2.45, 2.75) is 49.9 Å². The van der Waals surface area contributed by atoms with Crippen LogP contribution < -0.4 is 0 Å². The first-order chi connectivity index (χ1) is 14.6. The molecular formula is C18H24F6N2O6. The first kappa shape index (κ1) is 27.7. The summed E-state index contributed by atoms with van der Waals surface area (Å²) in [6.07, 6.45) is -3.75. The Morgan fingerprint density at radius 1 is 1.12 bits per heavy atom. The number of ether oxygens (including phenoxy) is 1. The number of halogens is 6. The number of hydrogen-bond acceptors (Lipinski definition) is 6. The van der Waals surface area contributed by atoms with Crippen molar-refractivity contribution in [3.63, 3.8) is 0 Å². The Bertz CT molecular complexity index is 699. The Labute approximate surface area is 179 Å². The summed E-state index contributed by atoms with van der Waals surface area (Å²) in [5.74, 6) is -5.51. The van der Waals surface area contributed by atoms with Gasteiger partial charge < -0.3 is 24.3 Å². The Balaban J connectivity index is 0.000000305. The lowest BCUT2D eigenvalue weighted by molar-refractivity contribution is -0.193. The molecule has 14 heteroatoms. The maximum Gasteiger partial charge on any atom is 0.490 e. The van der Waals surface area contributed by atoms with Gasteiger partial charge in [-0.2, -0.15) is 26.3 Å². The highest BCUT2D eigenvalue weighted by molar-refractivity contribution is 5.73. The number of fused-ring (bicyclic) bond motifs is 1. The minimum Gasteiger partial charge on any atom is -0.475 e. The summed E-state index contributed by atoms with van der Waals surface area (Å²) in [4.78, 5) is 22.7. The topological polar surface area (TPSA) is 103 Å². The zero-order chi connectivity index (χ0) is 24.7. The number of nitrogens with zero attached hydrogens (tertiary/aromatic N) is 2. The van der Waals surface area contributed by atoms with Gasteiger partial charge in [-0.1, -0.05) is 0 Å². The van der Waals surface area contributed by atoms with E-state index in [1.165, 1.54) is 18.4 Å². The summed E-state index contributed by atoms with van der Waals surface area (Å²) >= 11 is 0. The molecule has 2 fully saturated rings. The quantitative estimate of drug-likeness (QED) is 0.640. The van der Waals surface area contributed by atoms with Gasteiger partial charge in [0.1, 0.15) is 0 Å². The van der Waals surface area contributed by atoms with Gasteiger partial charge in [0, 0.05) is 37.3 Å². The first-order valence-electron chi connectivity index (χ1n) is 9.28. The van der Waals surface area contributed by atoms with E-state index in [2.05, 4.69) is 30.0 Å². The second-order valence-electron chi connectivity index (χ2n) is 7.24. The maximum atomic E-state index is 10.6. The summed E-state index contributed by atoms with van der Waals surface area (Å²) in [5, 5.41) is 14.2. The van der Waals surface area contributed by atoms with Crippen LogP contribution in [0.5, 0.6) is 0 Å². The van der Waals surface area contributed by atoms with Crippen molar-refractivity contribution in [3.8, 4) is 0 Å². The molecule has 1 aromatic heterocycles. The molecule has 2 aliphatic rings. The van der Waals surface area contributed by atoms with E-state index in [4.69, 9.17) is 29.0 Å². The molecule has 1 aromatic rings. The van der Waals surface area contributed by atoms with E-state index in [1.54, 1.807) is 6.26 Å². The second kappa shape index (κ2) is 11.5. The van der Waals surface area contributed by atoms with Crippen molar-refractivity contribution in [1.82, 2.24) is 9.80 Å². The molecule has 0 spiro atoms. The molecule has 0 bridgehead atoms. The molecule has 8 nitrogen and oxygen atoms in total. The molecule has 0 saturated carbocycles. The first-order valence-corrected chi connectivity index (χ1v) is 9.28. The lowest BCUT2D eigenvalue weighted by Crippen LogP contribution is -2.45. The van der Waals surface area contributed by atoms with Gasteiger partial charge in [0.2, 0.25) is 0 Å². The van der Waals surface area contributed by atoms with Crippen molar-refractivity contribution in [2.75, 3.05) is 27.2 Å². The SMILES string of the molecule is CN(C)[C@@H]1CN(Cc2ccoc2)[C@@H]2CCCO[C@H]12.O=C(O)C(F)(F)F.O=C(O)C(F)(F)F. The molecule has 2 aliphatic heterocycles. The third-order valence-corrected chi connectivity index (χ3v) is 4.72. The standard InChI is InChI=1S/C14H22N2O2.2C2HF3O2/c1-15(2)13-9-16(8-11-5-7-17-10-11)12-4-3-6-18-14(12)13;2*3-2(4,5)1(6)7/h5,7,10,12-14H,3-4,6,8-9H2,1-2H3;2*(H,6,7)/t12-,13-,14+;;/m1../s1. The fraction of sp³-hybridized carbons (Fsp3) is 0.667. The van der Waals surface area contributed by atoms with Crippen LogP contribution in [0.15, 0.2) is 23.0 Å². The van der Waals surface area contributed by atoms with Gasteiger partial charge in [0.15, 0.2) is 0 Å². The van der Waals surface area contributed by atoms with Crippen LogP contribution in [0.2, 0.25) is 0 Å². The predicted octanol–water partition coefficient (Wildman–Crippen LogP) is 2.84. The zero-order valence-corrected chi connectivity index (χ0v) is 17.2. The number of furan rings is 1. The van der Waals surface area contributed by atoms with Crippen LogP contribution in [0.25, 0.3) is 0 Å². The summed E-state index contributed by atoms with van der Waals surface area (Å²) in [7, 11) is 4.31. The van der Waals surface area contributed by atoms with Gasteiger partial charge in [0.25, 0.3) is 0 Å². The molecule has 3 heterocycles. The van der Waals surface area contributed by atoms with Crippen LogP contribution in [0, 0.1) is 0 Å². The highest BCUT2D eigenvalue weighted by atomic mass is 19.4. The van der Waals surface area contributed by atoms with Crippen molar-refractivity contribution < 1.29 is 55.3 Å². The Morgan fingerprint density at radius 3 is 2.06 bits per heavy atom. The summed E-state index contributed by atoms with van der Waals surface area (Å²) in [6.45, 7) is 2.99. The summed E-state index contributed by atoms with van der Waals surface area (Å²) < 4.78 is 74.7. The monoisotopic (exact) mass is 478 g/mol. The van der Waals surface area contributed by atoms with Gasteiger partial charge >= 0.3 is 24.3 Å². The molecule has 184 valence electrons. The van der Waals surface area contributed by atoms with Gasteiger partial charge in [-0.15, -0.1) is 0 Å². The molecular weight excluding hydrogens is 454 g/mol. The largest absolute Gasteiger partial charge is 0.490 e. The molecule has 0 unspecified atom stereocenters. The molecule has 0 aliphatic carbocycles. The van der Waals surface area contributed by atoms with Crippen LogP contribution in [0.4, 0.5) is 26.3 Å². The molecule has 2 N–H and O–H groups in total. The zero-order valence-electron chi connectivity index (χ0n) is 17.2. The minimum atomic E-state index is -5.08. The minimum absolute atomic E-state index is 0.376. The van der Waals surface area contributed by atoms with E-state index in [-0.39, 0.29) is 0 Å². The smallest absolute Gasteiger partial charge is 0.475 e. The van der Waals surface area contributed by atoms with Crippen molar-refractivity contribution in [2.24, 2.45) is 0 Å². The number of alkyl halides is 6. The van der Waals surface area contributed by atoms with Crippen molar-refractivity contribution >= 4 is 11.9 Å². The highest BCUT2D eigenvalue weighted by Gasteiger charge is 2.44. The molecule has 0 aromatic carbocycles. The molecule has 32 heavy (non-hydrogen) atoms. The van der Waals surface area contributed by atoms with Crippen LogP contribution in [0.3, 0.4) is 0 Å². The average molecular weight is 478 g/mol. The molecule has 0 radical (unpaired) electrons. The van der Waals surface area contributed by atoms with Gasteiger partial charge in [-0.25, -0.2) is 9.59 Å². The van der Waals surface area contributed by atoms with E-state index in [0.717, 1.165) is 19.7 Å². The third-order valence-electron chi connectivity index (χ3n) is 4.72. The van der Waals surface area contributed by atoms with Crippen LogP contribution >= 0.6 is 0 Å². The molecule has 0 amide bonds. The Morgan fingerprint density at radius 2 is 1.66 bits per heavy atom. The van der Waals surface area contributed by atoms with E-state index in [9.17, 15) is 26.3 Å². The van der Waals surface area contributed by atoms with Crippen molar-refractivity contribution in [1.29, 1.82) is 0 Å². The number of likely N-dealkylation sites (tertiary alicyclic amines) is 1. The maximum absolute atomic E-state index is 10.6. The van der Waals surface area contributed by atoms with Crippen molar-refractivity contribution in [3.05, 3.63) is 24.2 Å². The fourth-order valence-corrected chi connectivity index (χ4v) is 3.28. The fourth-order valence-electron chi connectivity index (χ4n) is 3.28. The van der Waals surface area contributed by atoms with Crippen LogP contribution in [-0.2, 0) is 20.9 Å². The number of carbonyl (C=O) groups is 2. The Kier molecular flexibility index (Phi) is 9.97. The number of carboxylic acid groups (broad SMARTS) is 2. The van der Waals surface area contributed by atoms with Gasteiger partial charge in [-0.3, -0.25) is 4.90 Å². The number of carboxylic acids is 2. The number of hydrogen-bond donors (Lipinski definition) is 2. The highest BCUT2D eigenvalue weighted by Crippen LogP contribution is 2.32. The van der Waals surface area contributed by atoms with Crippen LogP contribution in [-0.4, -0.2) is 89.7 Å². The number of rotatable bonds is 3. The molecule has 2 saturated heterocycles. The van der Waals surface area contributed by atoms with E-state index < -0.39 is 24.3 Å². The number of likely N-dealkylation sites (N-methyl/N-ethyl adjacent to an activating group) is 1. The number of aliphatic carboxylic acids is 2. The Hall–Kier alpha value is -2.32. The van der Waals surface area contributed by atoms with Gasteiger partial charge in [-0.05, 0) is 33.0 Å². The average Bonchev–Trinajstić information content (AvgIpc) is 3.30. The summed E-state index contributed by atoms with van der Waals surface area (Å²) in [6, 6.07) is 3.14. The normalized spacial score (nSPS) is 23.5. The lowest BCUT2D eigenvalue weighted by atomic mass is 10.0. The molecule has 3 rings (SSSR count). The van der Waals surface area contributed by atoms with E-state index in [0.29, 0.717) is 18.2 Å². The molecule has 3 atom stereocenters. The predicted molar refractivity (Wildman–Crippen MR) is 96.7 cm³/mol. The second-order valence-corrected chi connectivity index (χ2v) is 7.24. The van der Waals surface area contributed by atoms with E-state index >= 15 is 0 Å². The van der Waals surface area contributed by atoms with Crippen LogP contribution in [0.1, 0.15) is 18.4 Å². The van der Waals surface area contributed by atoms with Gasteiger partial charge in [0.05, 0.1) is 18.6 Å². The van der Waals surface area contributed by atoms with E-state index in [1.807, 2.05) is 6.26 Å². The summed E-state index contributed by atoms with van der Waals surface area (Å²) in [5.41, 5.74) is 1.26.